The summed E-state index contributed by atoms with van der Waals surface area (Å²) < 4.78 is 1.76. The van der Waals surface area contributed by atoms with E-state index in [0.29, 0.717) is 0 Å². The van der Waals surface area contributed by atoms with Gasteiger partial charge in [-0.25, -0.2) is 0 Å². The molecular formula is C12H10BrCl2NS. The zero-order valence-electron chi connectivity index (χ0n) is 8.84. The highest BCUT2D eigenvalue weighted by atomic mass is 79.9. The van der Waals surface area contributed by atoms with E-state index in [1.807, 2.05) is 24.3 Å². The van der Waals surface area contributed by atoms with E-state index in [2.05, 4.69) is 27.3 Å². The Balaban J connectivity index is 1.87. The second-order valence-corrected chi connectivity index (χ2v) is 6.60. The van der Waals surface area contributed by atoms with Crippen LogP contribution >= 0.6 is 50.5 Å². The molecule has 2 rings (SSSR count). The average molecular weight is 351 g/mol. The van der Waals surface area contributed by atoms with Crippen molar-refractivity contribution in [3.05, 3.63) is 54.6 Å². The SMILES string of the molecule is Clc1cccc(CNCc2cc(Br)c(Cl)s2)c1. The Bertz CT molecular complexity index is 493. The maximum absolute atomic E-state index is 5.97. The van der Waals surface area contributed by atoms with Crippen LogP contribution in [0.4, 0.5) is 0 Å². The molecule has 90 valence electrons. The minimum Gasteiger partial charge on any atom is -0.308 e. The molecule has 1 heterocycles. The molecule has 1 aromatic heterocycles. The Hall–Kier alpha value is -0.0600. The molecule has 0 aliphatic carbocycles. The van der Waals surface area contributed by atoms with Gasteiger partial charge in [-0.1, -0.05) is 35.3 Å². The minimum absolute atomic E-state index is 0.770. The molecule has 0 saturated carbocycles. The third kappa shape index (κ3) is 3.97. The van der Waals surface area contributed by atoms with Crippen molar-refractivity contribution < 1.29 is 0 Å². The van der Waals surface area contributed by atoms with E-state index in [1.54, 1.807) is 11.3 Å². The van der Waals surface area contributed by atoms with Gasteiger partial charge in [-0.15, -0.1) is 11.3 Å². The van der Waals surface area contributed by atoms with Crippen LogP contribution in [0.1, 0.15) is 10.4 Å². The molecule has 0 saturated heterocycles. The zero-order chi connectivity index (χ0) is 12.3. The number of hydrogen-bond acceptors (Lipinski definition) is 2. The highest BCUT2D eigenvalue weighted by Gasteiger charge is 2.03. The first kappa shape index (κ1) is 13.4. The first-order valence-electron chi connectivity index (χ1n) is 5.04. The van der Waals surface area contributed by atoms with Crippen molar-refractivity contribution in [2.45, 2.75) is 13.1 Å². The van der Waals surface area contributed by atoms with Gasteiger partial charge in [0.25, 0.3) is 0 Å². The lowest BCUT2D eigenvalue weighted by molar-refractivity contribution is 0.701. The molecule has 0 aliphatic rings. The van der Waals surface area contributed by atoms with E-state index in [0.717, 1.165) is 26.9 Å². The average Bonchev–Trinajstić information content (AvgIpc) is 2.58. The van der Waals surface area contributed by atoms with E-state index in [-0.39, 0.29) is 0 Å². The minimum atomic E-state index is 0.770. The fraction of sp³-hybridized carbons (Fsp3) is 0.167. The van der Waals surface area contributed by atoms with Crippen molar-refractivity contribution in [2.75, 3.05) is 0 Å². The van der Waals surface area contributed by atoms with E-state index >= 15 is 0 Å². The highest BCUT2D eigenvalue weighted by Crippen LogP contribution is 2.31. The van der Waals surface area contributed by atoms with Crippen molar-refractivity contribution in [3.8, 4) is 0 Å². The van der Waals surface area contributed by atoms with Crippen molar-refractivity contribution in [2.24, 2.45) is 0 Å². The summed E-state index contributed by atoms with van der Waals surface area (Å²) in [5, 5.41) is 4.13. The van der Waals surface area contributed by atoms with Crippen molar-refractivity contribution in [1.29, 1.82) is 0 Å². The first-order chi connectivity index (χ1) is 8.15. The Kier molecular flexibility index (Phi) is 4.88. The van der Waals surface area contributed by atoms with Gasteiger partial charge in [-0.3, -0.25) is 0 Å². The van der Waals surface area contributed by atoms with Gasteiger partial charge in [0, 0.05) is 27.5 Å². The first-order valence-corrected chi connectivity index (χ1v) is 7.40. The number of rotatable bonds is 4. The van der Waals surface area contributed by atoms with E-state index in [1.165, 1.54) is 10.4 Å². The topological polar surface area (TPSA) is 12.0 Å². The summed E-state index contributed by atoms with van der Waals surface area (Å²) in [6.07, 6.45) is 0. The summed E-state index contributed by atoms with van der Waals surface area (Å²) in [6.45, 7) is 1.61. The van der Waals surface area contributed by atoms with Crippen LogP contribution in [0.5, 0.6) is 0 Å². The fourth-order valence-corrected chi connectivity index (χ4v) is 3.43. The van der Waals surface area contributed by atoms with Gasteiger partial charge < -0.3 is 5.32 Å². The second-order valence-electron chi connectivity index (χ2n) is 3.57. The molecule has 1 nitrogen and oxygen atoms in total. The van der Waals surface area contributed by atoms with Crippen molar-refractivity contribution in [3.63, 3.8) is 0 Å². The number of nitrogens with one attached hydrogen (secondary N) is 1. The van der Waals surface area contributed by atoms with Gasteiger partial charge in [-0.2, -0.15) is 0 Å². The predicted octanol–water partition coefficient (Wildman–Crippen LogP) is 5.11. The summed E-state index contributed by atoms with van der Waals surface area (Å²) in [4.78, 5) is 1.21. The van der Waals surface area contributed by atoms with Gasteiger partial charge >= 0.3 is 0 Å². The monoisotopic (exact) mass is 349 g/mol. The molecule has 0 fully saturated rings. The van der Waals surface area contributed by atoms with Gasteiger partial charge in [0.1, 0.15) is 4.34 Å². The van der Waals surface area contributed by atoms with Gasteiger partial charge in [-0.05, 0) is 39.7 Å². The Morgan fingerprint density at radius 2 is 2.00 bits per heavy atom. The van der Waals surface area contributed by atoms with Crippen LogP contribution in [0, 0.1) is 0 Å². The summed E-state index contributed by atoms with van der Waals surface area (Å²) >= 11 is 16.9. The molecule has 1 N–H and O–H groups in total. The molecular weight excluding hydrogens is 341 g/mol. The van der Waals surface area contributed by atoms with Gasteiger partial charge in [0.2, 0.25) is 0 Å². The molecule has 5 heteroatoms. The quantitative estimate of drug-likeness (QED) is 0.808. The summed E-state index contributed by atoms with van der Waals surface area (Å²) in [7, 11) is 0. The van der Waals surface area contributed by atoms with Crippen LogP contribution < -0.4 is 5.32 Å². The van der Waals surface area contributed by atoms with Gasteiger partial charge in [0.15, 0.2) is 0 Å². The van der Waals surface area contributed by atoms with Crippen LogP contribution in [0.25, 0.3) is 0 Å². The van der Waals surface area contributed by atoms with Crippen molar-refractivity contribution >= 4 is 50.5 Å². The van der Waals surface area contributed by atoms with E-state index in [9.17, 15) is 0 Å². The largest absolute Gasteiger partial charge is 0.308 e. The lowest BCUT2D eigenvalue weighted by atomic mass is 10.2. The number of benzene rings is 1. The maximum atomic E-state index is 5.97. The smallest absolute Gasteiger partial charge is 0.107 e. The summed E-state index contributed by atoms with van der Waals surface area (Å²) in [6, 6.07) is 9.89. The van der Waals surface area contributed by atoms with Crippen molar-refractivity contribution in [1.82, 2.24) is 5.32 Å². The van der Waals surface area contributed by atoms with Crippen LogP contribution in [0.3, 0.4) is 0 Å². The molecule has 0 bridgehead atoms. The molecule has 2 aromatic rings. The highest BCUT2D eigenvalue weighted by molar-refractivity contribution is 9.10. The van der Waals surface area contributed by atoms with Crippen LogP contribution in [-0.4, -0.2) is 0 Å². The molecule has 0 radical (unpaired) electrons. The number of hydrogen-bond donors (Lipinski definition) is 1. The van der Waals surface area contributed by atoms with E-state index < -0.39 is 0 Å². The molecule has 0 unspecified atom stereocenters. The van der Waals surface area contributed by atoms with Crippen LogP contribution in [0.2, 0.25) is 9.36 Å². The third-order valence-corrected chi connectivity index (χ3v) is 4.92. The number of thiophene rings is 1. The summed E-state index contributed by atoms with van der Waals surface area (Å²) in [5.41, 5.74) is 1.18. The summed E-state index contributed by atoms with van der Waals surface area (Å²) in [5.74, 6) is 0. The Labute approximate surface area is 123 Å². The standard InChI is InChI=1S/C12H10BrCl2NS/c13-11-5-10(17-12(11)15)7-16-6-8-2-1-3-9(14)4-8/h1-5,16H,6-7H2. The molecule has 0 amide bonds. The molecule has 0 spiro atoms. The molecule has 17 heavy (non-hydrogen) atoms. The molecule has 1 aromatic carbocycles. The van der Waals surface area contributed by atoms with E-state index in [4.69, 9.17) is 23.2 Å². The maximum Gasteiger partial charge on any atom is 0.107 e. The molecule has 0 aliphatic heterocycles. The third-order valence-electron chi connectivity index (χ3n) is 2.21. The van der Waals surface area contributed by atoms with Crippen LogP contribution in [-0.2, 0) is 13.1 Å². The normalized spacial score (nSPS) is 10.8. The van der Waals surface area contributed by atoms with Gasteiger partial charge in [0.05, 0.1) is 0 Å². The lowest BCUT2D eigenvalue weighted by Gasteiger charge is -2.03. The fourth-order valence-electron chi connectivity index (χ4n) is 1.46. The number of halogens is 3. The Morgan fingerprint density at radius 1 is 1.18 bits per heavy atom. The zero-order valence-corrected chi connectivity index (χ0v) is 12.8. The lowest BCUT2D eigenvalue weighted by Crippen LogP contribution is -2.11. The van der Waals surface area contributed by atoms with Crippen LogP contribution in [0.15, 0.2) is 34.8 Å². The Morgan fingerprint density at radius 3 is 2.65 bits per heavy atom. The second kappa shape index (κ2) is 6.21. The molecule has 0 atom stereocenters. The predicted molar refractivity (Wildman–Crippen MR) is 79.0 cm³/mol.